The lowest BCUT2D eigenvalue weighted by Gasteiger charge is -2.21. The third-order valence-corrected chi connectivity index (χ3v) is 3.46. The Morgan fingerprint density at radius 1 is 1.00 bits per heavy atom. The lowest BCUT2D eigenvalue weighted by atomic mass is 10.0. The van der Waals surface area contributed by atoms with E-state index in [9.17, 15) is 4.39 Å². The second kappa shape index (κ2) is 6.18. The molecule has 0 bridgehead atoms. The van der Waals surface area contributed by atoms with Gasteiger partial charge >= 0.3 is 0 Å². The molecule has 0 aliphatic carbocycles. The van der Waals surface area contributed by atoms with Crippen LogP contribution in [0.3, 0.4) is 0 Å². The van der Waals surface area contributed by atoms with Crippen LogP contribution in [0.25, 0.3) is 0 Å². The quantitative estimate of drug-likeness (QED) is 0.839. The van der Waals surface area contributed by atoms with E-state index >= 15 is 0 Å². The molecule has 2 atom stereocenters. The van der Waals surface area contributed by atoms with Crippen LogP contribution >= 0.6 is 11.6 Å². The third-order valence-electron chi connectivity index (χ3n) is 3.22. The molecule has 1 nitrogen and oxygen atoms in total. The van der Waals surface area contributed by atoms with Crippen molar-refractivity contribution in [2.75, 3.05) is 0 Å². The van der Waals surface area contributed by atoms with Gasteiger partial charge in [0.1, 0.15) is 5.82 Å². The molecule has 3 heteroatoms. The first-order chi connectivity index (χ1) is 9.08. The van der Waals surface area contributed by atoms with Crippen molar-refractivity contribution < 1.29 is 4.39 Å². The Morgan fingerprint density at radius 2 is 1.74 bits per heavy atom. The molecule has 0 aliphatic heterocycles. The standard InChI is InChI=1S/C16H17ClFN/c1-11(13-6-5-7-14(17)10-13)19-12(2)15-8-3-4-9-16(15)18/h3-12,19H,1-2H3/t11-,12?/m0/s1. The van der Waals surface area contributed by atoms with Crippen LogP contribution in [-0.2, 0) is 0 Å². The molecule has 100 valence electrons. The zero-order valence-corrected chi connectivity index (χ0v) is 11.8. The van der Waals surface area contributed by atoms with Crippen LogP contribution in [0.5, 0.6) is 0 Å². The fraction of sp³-hybridized carbons (Fsp3) is 0.250. The fourth-order valence-corrected chi connectivity index (χ4v) is 2.36. The molecule has 1 unspecified atom stereocenters. The topological polar surface area (TPSA) is 12.0 Å². The van der Waals surface area contributed by atoms with E-state index in [0.717, 1.165) is 5.56 Å². The summed E-state index contributed by atoms with van der Waals surface area (Å²) in [4.78, 5) is 0. The predicted molar refractivity (Wildman–Crippen MR) is 77.8 cm³/mol. The molecule has 0 spiro atoms. The van der Waals surface area contributed by atoms with Crippen LogP contribution in [0.1, 0.15) is 37.1 Å². The highest BCUT2D eigenvalue weighted by atomic mass is 35.5. The van der Waals surface area contributed by atoms with Crippen molar-refractivity contribution in [3.63, 3.8) is 0 Å². The Kier molecular flexibility index (Phi) is 4.56. The molecule has 0 heterocycles. The van der Waals surface area contributed by atoms with Crippen molar-refractivity contribution in [1.29, 1.82) is 0 Å². The first-order valence-corrected chi connectivity index (χ1v) is 6.71. The Hall–Kier alpha value is -1.38. The minimum absolute atomic E-state index is 0.0600. The molecule has 0 fully saturated rings. The zero-order chi connectivity index (χ0) is 13.8. The smallest absolute Gasteiger partial charge is 0.127 e. The van der Waals surface area contributed by atoms with Gasteiger partial charge in [0.05, 0.1) is 0 Å². The maximum absolute atomic E-state index is 13.7. The van der Waals surface area contributed by atoms with Gasteiger partial charge in [-0.2, -0.15) is 0 Å². The Balaban J connectivity index is 2.11. The summed E-state index contributed by atoms with van der Waals surface area (Å²) < 4.78 is 13.7. The molecule has 2 aromatic rings. The number of benzene rings is 2. The molecule has 2 rings (SSSR count). The summed E-state index contributed by atoms with van der Waals surface area (Å²) in [6, 6.07) is 14.6. The summed E-state index contributed by atoms with van der Waals surface area (Å²) in [5.74, 6) is -0.180. The molecule has 19 heavy (non-hydrogen) atoms. The van der Waals surface area contributed by atoms with Crippen molar-refractivity contribution in [1.82, 2.24) is 5.32 Å². The first-order valence-electron chi connectivity index (χ1n) is 6.34. The number of rotatable bonds is 4. The van der Waals surface area contributed by atoms with Crippen LogP contribution in [-0.4, -0.2) is 0 Å². The molecular formula is C16H17ClFN. The molecule has 0 amide bonds. The zero-order valence-electron chi connectivity index (χ0n) is 11.0. The van der Waals surface area contributed by atoms with E-state index < -0.39 is 0 Å². The maximum Gasteiger partial charge on any atom is 0.127 e. The molecule has 0 aliphatic rings. The molecular weight excluding hydrogens is 261 g/mol. The molecule has 0 aromatic heterocycles. The van der Waals surface area contributed by atoms with E-state index in [0.29, 0.717) is 10.6 Å². The molecule has 0 saturated heterocycles. The van der Waals surface area contributed by atoms with Gasteiger partial charge in [-0.15, -0.1) is 0 Å². The van der Waals surface area contributed by atoms with E-state index in [4.69, 9.17) is 11.6 Å². The van der Waals surface area contributed by atoms with Gasteiger partial charge in [0.25, 0.3) is 0 Å². The van der Waals surface area contributed by atoms with E-state index in [1.54, 1.807) is 12.1 Å². The van der Waals surface area contributed by atoms with Crippen molar-refractivity contribution in [2.45, 2.75) is 25.9 Å². The summed E-state index contributed by atoms with van der Waals surface area (Å²) in [5.41, 5.74) is 1.77. The van der Waals surface area contributed by atoms with Crippen LogP contribution < -0.4 is 5.32 Å². The summed E-state index contributed by atoms with van der Waals surface area (Å²) in [6.45, 7) is 4.00. The van der Waals surface area contributed by atoms with Gasteiger partial charge in [-0.3, -0.25) is 0 Å². The summed E-state index contributed by atoms with van der Waals surface area (Å²) >= 11 is 5.98. The minimum Gasteiger partial charge on any atom is -0.304 e. The van der Waals surface area contributed by atoms with Crippen LogP contribution in [0.2, 0.25) is 5.02 Å². The first kappa shape index (κ1) is 14.0. The third kappa shape index (κ3) is 3.55. The van der Waals surface area contributed by atoms with Crippen molar-refractivity contribution >= 4 is 11.6 Å². The van der Waals surface area contributed by atoms with E-state index in [-0.39, 0.29) is 17.9 Å². The van der Waals surface area contributed by atoms with Crippen LogP contribution in [0.15, 0.2) is 48.5 Å². The summed E-state index contributed by atoms with van der Waals surface area (Å²) in [7, 11) is 0. The average Bonchev–Trinajstić information content (AvgIpc) is 2.39. The van der Waals surface area contributed by atoms with Gasteiger partial charge in [-0.05, 0) is 37.6 Å². The number of nitrogens with one attached hydrogen (secondary N) is 1. The highest BCUT2D eigenvalue weighted by molar-refractivity contribution is 6.30. The van der Waals surface area contributed by atoms with Crippen LogP contribution in [0, 0.1) is 5.82 Å². The highest BCUT2D eigenvalue weighted by Gasteiger charge is 2.14. The molecule has 1 N–H and O–H groups in total. The lowest BCUT2D eigenvalue weighted by Crippen LogP contribution is -2.23. The van der Waals surface area contributed by atoms with Gasteiger partial charge in [-0.1, -0.05) is 41.9 Å². The Morgan fingerprint density at radius 3 is 2.42 bits per heavy atom. The lowest BCUT2D eigenvalue weighted by molar-refractivity contribution is 0.474. The van der Waals surface area contributed by atoms with E-state index in [1.807, 2.05) is 44.2 Å². The SMILES string of the molecule is CC(N[C@@H](C)c1cccc(Cl)c1)c1ccccc1F. The Bertz CT molecular complexity index is 556. The largest absolute Gasteiger partial charge is 0.304 e. The van der Waals surface area contributed by atoms with E-state index in [1.165, 1.54) is 6.07 Å². The van der Waals surface area contributed by atoms with E-state index in [2.05, 4.69) is 5.32 Å². The normalized spacial score (nSPS) is 14.1. The second-order valence-electron chi connectivity index (χ2n) is 4.69. The highest BCUT2D eigenvalue weighted by Crippen LogP contribution is 2.22. The maximum atomic E-state index is 13.7. The second-order valence-corrected chi connectivity index (χ2v) is 5.12. The van der Waals surface area contributed by atoms with Gasteiger partial charge in [0, 0.05) is 22.7 Å². The number of hydrogen-bond donors (Lipinski definition) is 1. The molecule has 0 radical (unpaired) electrons. The van der Waals surface area contributed by atoms with Crippen molar-refractivity contribution in [3.05, 3.63) is 70.5 Å². The van der Waals surface area contributed by atoms with Crippen molar-refractivity contribution in [2.24, 2.45) is 0 Å². The summed E-state index contributed by atoms with van der Waals surface area (Å²) in [5, 5.41) is 4.09. The predicted octanol–water partition coefficient (Wildman–Crippen LogP) is 4.89. The van der Waals surface area contributed by atoms with Gasteiger partial charge in [-0.25, -0.2) is 4.39 Å². The monoisotopic (exact) mass is 277 g/mol. The minimum atomic E-state index is -0.180. The van der Waals surface area contributed by atoms with Crippen LogP contribution in [0.4, 0.5) is 4.39 Å². The number of halogens is 2. The van der Waals surface area contributed by atoms with Gasteiger partial charge in [0.15, 0.2) is 0 Å². The van der Waals surface area contributed by atoms with Gasteiger partial charge < -0.3 is 5.32 Å². The number of hydrogen-bond acceptors (Lipinski definition) is 1. The van der Waals surface area contributed by atoms with Crippen molar-refractivity contribution in [3.8, 4) is 0 Å². The fourth-order valence-electron chi connectivity index (χ4n) is 2.16. The molecule has 2 aromatic carbocycles. The molecule has 0 saturated carbocycles. The van der Waals surface area contributed by atoms with Gasteiger partial charge in [0.2, 0.25) is 0 Å². The average molecular weight is 278 g/mol. The summed E-state index contributed by atoms with van der Waals surface area (Å²) in [6.07, 6.45) is 0. The Labute approximate surface area is 118 Å².